The van der Waals surface area contributed by atoms with Gasteiger partial charge in [0.15, 0.2) is 0 Å². The van der Waals surface area contributed by atoms with Gasteiger partial charge in [0.2, 0.25) is 0 Å². The van der Waals surface area contributed by atoms with Crippen molar-refractivity contribution < 1.29 is 0 Å². The van der Waals surface area contributed by atoms with Crippen LogP contribution in [-0.2, 0) is 0 Å². The van der Waals surface area contributed by atoms with Crippen LogP contribution in [0.1, 0.15) is 0 Å². The molecule has 60 heavy (non-hydrogen) atoms. The maximum atomic E-state index is 2.44. The minimum absolute atomic E-state index is 1.09. The van der Waals surface area contributed by atoms with Crippen LogP contribution in [-0.4, -0.2) is 4.57 Å². The second-order valence-corrected chi connectivity index (χ2v) is 15.7. The molecule has 0 radical (unpaired) electrons. The summed E-state index contributed by atoms with van der Waals surface area (Å²) in [6.07, 6.45) is 0. The van der Waals surface area contributed by atoms with E-state index < -0.39 is 0 Å². The smallest absolute Gasteiger partial charge is 0.0547 e. The minimum Gasteiger partial charge on any atom is -0.310 e. The molecule has 0 fully saturated rings. The largest absolute Gasteiger partial charge is 0.310 e. The summed E-state index contributed by atoms with van der Waals surface area (Å²) >= 11 is 0. The first-order chi connectivity index (χ1) is 29.8. The lowest BCUT2D eigenvalue weighted by molar-refractivity contribution is 1.18. The molecule has 0 bridgehead atoms. The number of nitrogens with zero attached hydrogens (tertiary/aromatic N) is 2. The van der Waals surface area contributed by atoms with Crippen molar-refractivity contribution in [3.8, 4) is 27.9 Å². The zero-order chi connectivity index (χ0) is 39.6. The Morgan fingerprint density at radius 3 is 1.65 bits per heavy atom. The number of para-hydroxylation sites is 2. The lowest BCUT2D eigenvalue weighted by Crippen LogP contribution is -2.11. The predicted molar refractivity (Wildman–Crippen MR) is 256 cm³/mol. The maximum Gasteiger partial charge on any atom is 0.0547 e. The molecular formula is C58H38N2. The van der Waals surface area contributed by atoms with Gasteiger partial charge in [-0.3, -0.25) is 0 Å². The van der Waals surface area contributed by atoms with E-state index >= 15 is 0 Å². The van der Waals surface area contributed by atoms with E-state index in [1.807, 2.05) is 0 Å². The van der Waals surface area contributed by atoms with Crippen molar-refractivity contribution >= 4 is 82.0 Å². The summed E-state index contributed by atoms with van der Waals surface area (Å²) in [5.41, 5.74) is 11.5. The van der Waals surface area contributed by atoms with Crippen LogP contribution in [0.5, 0.6) is 0 Å². The Hall–Kier alpha value is -7.94. The predicted octanol–water partition coefficient (Wildman–Crippen LogP) is 16.2. The van der Waals surface area contributed by atoms with E-state index in [0.29, 0.717) is 0 Å². The summed E-state index contributed by atoms with van der Waals surface area (Å²) in [5.74, 6) is 0. The zero-order valence-electron chi connectivity index (χ0n) is 32.8. The third kappa shape index (κ3) is 5.42. The van der Waals surface area contributed by atoms with Crippen LogP contribution in [0.4, 0.5) is 17.1 Å². The highest BCUT2D eigenvalue weighted by Gasteiger charge is 2.20. The average molecular weight is 763 g/mol. The first-order valence-corrected chi connectivity index (χ1v) is 20.7. The summed E-state index contributed by atoms with van der Waals surface area (Å²) in [5, 5.41) is 12.7. The van der Waals surface area contributed by atoms with E-state index in [2.05, 4.69) is 240 Å². The molecule has 2 nitrogen and oxygen atoms in total. The Morgan fingerprint density at radius 1 is 0.300 bits per heavy atom. The summed E-state index contributed by atoms with van der Waals surface area (Å²) in [6, 6.07) is 84.3. The molecule has 2 heteroatoms. The molecular weight excluding hydrogens is 725 g/mol. The van der Waals surface area contributed by atoms with Gasteiger partial charge in [-0.15, -0.1) is 0 Å². The minimum atomic E-state index is 1.09. The van der Waals surface area contributed by atoms with Crippen LogP contribution in [0.25, 0.3) is 92.8 Å². The second-order valence-electron chi connectivity index (χ2n) is 15.7. The van der Waals surface area contributed by atoms with E-state index in [9.17, 15) is 0 Å². The Balaban J connectivity index is 1.06. The van der Waals surface area contributed by atoms with Gasteiger partial charge in [0.1, 0.15) is 0 Å². The first-order valence-electron chi connectivity index (χ1n) is 20.7. The number of aromatic nitrogens is 1. The molecule has 0 aliphatic rings. The van der Waals surface area contributed by atoms with Crippen LogP contribution in [0.3, 0.4) is 0 Å². The van der Waals surface area contributed by atoms with E-state index in [1.54, 1.807) is 0 Å². The molecule has 0 amide bonds. The van der Waals surface area contributed by atoms with Crippen molar-refractivity contribution in [2.24, 2.45) is 0 Å². The number of anilines is 3. The van der Waals surface area contributed by atoms with Crippen LogP contribution < -0.4 is 4.90 Å². The summed E-state index contributed by atoms with van der Waals surface area (Å²) in [7, 11) is 0. The summed E-state index contributed by atoms with van der Waals surface area (Å²) < 4.78 is 2.43. The molecule has 12 aromatic rings. The Labute approximate surface area is 348 Å². The van der Waals surface area contributed by atoms with E-state index in [0.717, 1.165) is 33.9 Å². The summed E-state index contributed by atoms with van der Waals surface area (Å²) in [6.45, 7) is 0. The number of benzene rings is 11. The van der Waals surface area contributed by atoms with Crippen molar-refractivity contribution in [3.05, 3.63) is 231 Å². The van der Waals surface area contributed by atoms with Crippen LogP contribution in [0, 0.1) is 0 Å². The quantitative estimate of drug-likeness (QED) is 0.153. The van der Waals surface area contributed by atoms with Gasteiger partial charge in [-0.25, -0.2) is 0 Å². The average Bonchev–Trinajstić information content (AvgIpc) is 3.67. The number of fused-ring (bicyclic) bond motifs is 11. The highest BCUT2D eigenvalue weighted by atomic mass is 15.1. The lowest BCUT2D eigenvalue weighted by Gasteiger charge is -2.29. The van der Waals surface area contributed by atoms with Gasteiger partial charge in [0.25, 0.3) is 0 Å². The SMILES string of the molecule is c1ccc(-c2ccccc2N(c2cccc(-c3cccc(-n4c5ccccc5c5c6ccccc6ccc54)c3)c2)c2ccc3c4ccccc4c4ccccc4c3c2)cc1. The molecule has 1 heterocycles. The van der Waals surface area contributed by atoms with Crippen molar-refractivity contribution in [1.29, 1.82) is 0 Å². The monoisotopic (exact) mass is 762 g/mol. The Kier molecular flexibility index (Phi) is 7.89. The van der Waals surface area contributed by atoms with Crippen LogP contribution >= 0.6 is 0 Å². The lowest BCUT2D eigenvalue weighted by atomic mass is 9.93. The second kappa shape index (κ2) is 13.9. The third-order valence-corrected chi connectivity index (χ3v) is 12.3. The molecule has 11 aromatic carbocycles. The third-order valence-electron chi connectivity index (χ3n) is 12.3. The molecule has 0 saturated carbocycles. The highest BCUT2D eigenvalue weighted by Crippen LogP contribution is 2.45. The van der Waals surface area contributed by atoms with Gasteiger partial charge in [0, 0.05) is 33.4 Å². The molecule has 0 atom stereocenters. The Morgan fingerprint density at radius 2 is 0.867 bits per heavy atom. The van der Waals surface area contributed by atoms with Gasteiger partial charge < -0.3 is 9.47 Å². The molecule has 0 aliphatic carbocycles. The van der Waals surface area contributed by atoms with Gasteiger partial charge in [0.05, 0.1) is 16.7 Å². The fourth-order valence-electron chi connectivity index (χ4n) is 9.66. The van der Waals surface area contributed by atoms with Gasteiger partial charge in [-0.05, 0) is 114 Å². The summed E-state index contributed by atoms with van der Waals surface area (Å²) in [4.78, 5) is 2.44. The number of rotatable bonds is 6. The van der Waals surface area contributed by atoms with Gasteiger partial charge >= 0.3 is 0 Å². The standard InChI is InChI=1S/C58H38N2/c1-2-16-39(17-3-1)46-23-10-12-30-55(46)59(45-33-34-52-50-27-7-6-25-48(50)49-26-8-9-28-51(49)54(52)38-45)43-21-14-19-41(36-43)42-20-15-22-44(37-42)60-56-31-13-11-29-53(56)58-47-24-5-4-18-40(47)32-35-57(58)60/h1-38H. The van der Waals surface area contributed by atoms with Crippen molar-refractivity contribution in [2.75, 3.05) is 4.90 Å². The van der Waals surface area contributed by atoms with E-state index in [4.69, 9.17) is 0 Å². The maximum absolute atomic E-state index is 2.44. The molecule has 12 rings (SSSR count). The number of hydrogen-bond acceptors (Lipinski definition) is 1. The molecule has 1 aromatic heterocycles. The first kappa shape index (κ1) is 34.1. The van der Waals surface area contributed by atoms with Crippen LogP contribution in [0.15, 0.2) is 231 Å². The molecule has 0 aliphatic heterocycles. The fraction of sp³-hybridized carbons (Fsp3) is 0. The topological polar surface area (TPSA) is 8.17 Å². The van der Waals surface area contributed by atoms with Crippen LogP contribution in [0.2, 0.25) is 0 Å². The van der Waals surface area contributed by atoms with E-state index in [1.165, 1.54) is 76.0 Å². The van der Waals surface area contributed by atoms with Gasteiger partial charge in [-0.1, -0.05) is 176 Å². The highest BCUT2D eigenvalue weighted by molar-refractivity contribution is 6.26. The van der Waals surface area contributed by atoms with E-state index in [-0.39, 0.29) is 0 Å². The van der Waals surface area contributed by atoms with Crippen molar-refractivity contribution in [3.63, 3.8) is 0 Å². The molecule has 0 saturated heterocycles. The van der Waals surface area contributed by atoms with Crippen molar-refractivity contribution in [1.82, 2.24) is 4.57 Å². The number of hydrogen-bond donors (Lipinski definition) is 0. The molecule has 0 spiro atoms. The molecule has 0 N–H and O–H groups in total. The normalized spacial score (nSPS) is 11.7. The zero-order valence-corrected chi connectivity index (χ0v) is 32.8. The Bertz CT molecular complexity index is 3580. The molecule has 0 unspecified atom stereocenters. The van der Waals surface area contributed by atoms with Gasteiger partial charge in [-0.2, -0.15) is 0 Å². The fourth-order valence-corrected chi connectivity index (χ4v) is 9.66. The van der Waals surface area contributed by atoms with Crippen molar-refractivity contribution in [2.45, 2.75) is 0 Å². The molecule has 280 valence electrons.